The standard InChI is InChI=1S/C29H32FN5O2/c1-16(30)37-21-8-5-18-12-26(34(25(18)13-21)14-17-3-4-17)28-32-22-11-19(6-9-23(22)33(28)2)29(36)35-15-20-7-10-24(35)27(20)31/h5-6,8-9,11-13,16-17,20,24,27H,3-4,7,10,14-15,31H2,1-2H3/t16?,20-,24-,27-/m1/s1. The Balaban J connectivity index is 1.28. The molecule has 2 aromatic carbocycles. The summed E-state index contributed by atoms with van der Waals surface area (Å²) < 4.78 is 23.3. The molecule has 2 bridgehead atoms. The second-order valence-electron chi connectivity index (χ2n) is 11.1. The zero-order valence-corrected chi connectivity index (χ0v) is 21.2. The lowest BCUT2D eigenvalue weighted by Crippen LogP contribution is -2.41. The van der Waals surface area contributed by atoms with E-state index in [1.54, 1.807) is 0 Å². The van der Waals surface area contributed by atoms with Gasteiger partial charge in [0.1, 0.15) is 5.75 Å². The molecular weight excluding hydrogens is 469 g/mol. The third-order valence-electron chi connectivity index (χ3n) is 8.58. The molecule has 4 aromatic rings. The molecule has 7 rings (SSSR count). The lowest BCUT2D eigenvalue weighted by molar-refractivity contribution is 0.0700. The highest BCUT2D eigenvalue weighted by Gasteiger charge is 2.46. The molecule has 0 radical (unpaired) electrons. The average Bonchev–Trinajstić information content (AvgIpc) is 3.30. The first-order chi connectivity index (χ1) is 17.9. The van der Waals surface area contributed by atoms with E-state index in [0.717, 1.165) is 59.4 Å². The number of fused-ring (bicyclic) bond motifs is 4. The van der Waals surface area contributed by atoms with Gasteiger partial charge >= 0.3 is 0 Å². The van der Waals surface area contributed by atoms with Crippen molar-refractivity contribution in [1.29, 1.82) is 0 Å². The van der Waals surface area contributed by atoms with Gasteiger partial charge in [0.05, 0.1) is 22.2 Å². The Bertz CT molecular complexity index is 1530. The van der Waals surface area contributed by atoms with Crippen LogP contribution in [-0.4, -0.2) is 49.9 Å². The Morgan fingerprint density at radius 3 is 2.68 bits per heavy atom. The topological polar surface area (TPSA) is 78.3 Å². The third-order valence-corrected chi connectivity index (χ3v) is 8.58. The molecule has 8 heteroatoms. The van der Waals surface area contributed by atoms with E-state index in [-0.39, 0.29) is 18.0 Å². The van der Waals surface area contributed by atoms with Crippen molar-refractivity contribution in [2.45, 2.75) is 57.6 Å². The number of hydrogen-bond acceptors (Lipinski definition) is 4. The summed E-state index contributed by atoms with van der Waals surface area (Å²) in [6.07, 6.45) is 3.18. The number of imidazole rings is 1. The van der Waals surface area contributed by atoms with E-state index in [0.29, 0.717) is 23.1 Å². The minimum Gasteiger partial charge on any atom is -0.461 e. The van der Waals surface area contributed by atoms with Gasteiger partial charge in [-0.15, -0.1) is 0 Å². The predicted octanol–water partition coefficient (Wildman–Crippen LogP) is 4.86. The average molecular weight is 502 g/mol. The number of likely N-dealkylation sites (tertiary alicyclic amines) is 1. The molecule has 3 fully saturated rings. The summed E-state index contributed by atoms with van der Waals surface area (Å²) in [5.41, 5.74) is 10.8. The molecule has 3 aliphatic rings. The van der Waals surface area contributed by atoms with Crippen LogP contribution in [0.4, 0.5) is 4.39 Å². The maximum atomic E-state index is 13.5. The van der Waals surface area contributed by atoms with Crippen LogP contribution in [0.2, 0.25) is 0 Å². The van der Waals surface area contributed by atoms with E-state index >= 15 is 0 Å². The number of halogens is 1. The second-order valence-corrected chi connectivity index (χ2v) is 11.1. The van der Waals surface area contributed by atoms with Crippen LogP contribution in [0.15, 0.2) is 42.5 Å². The predicted molar refractivity (Wildman–Crippen MR) is 141 cm³/mol. The molecule has 2 saturated carbocycles. The Kier molecular flexibility index (Phi) is 5.12. The highest BCUT2D eigenvalue weighted by atomic mass is 19.1. The largest absolute Gasteiger partial charge is 0.461 e. The van der Waals surface area contributed by atoms with Crippen molar-refractivity contribution in [3.05, 3.63) is 48.0 Å². The number of carbonyl (C=O) groups excluding carboxylic acids is 1. The molecule has 1 unspecified atom stereocenters. The van der Waals surface area contributed by atoms with E-state index in [1.807, 2.05) is 48.3 Å². The molecule has 2 aromatic heterocycles. The van der Waals surface area contributed by atoms with Crippen molar-refractivity contribution in [2.75, 3.05) is 6.54 Å². The molecule has 3 heterocycles. The van der Waals surface area contributed by atoms with Crippen LogP contribution in [0, 0.1) is 11.8 Å². The number of aromatic nitrogens is 3. The van der Waals surface area contributed by atoms with Crippen molar-refractivity contribution in [1.82, 2.24) is 19.0 Å². The first-order valence-corrected chi connectivity index (χ1v) is 13.3. The second kappa shape index (κ2) is 8.31. The first kappa shape index (κ1) is 22.8. The number of piperidine rings is 1. The van der Waals surface area contributed by atoms with E-state index in [4.69, 9.17) is 15.5 Å². The molecule has 7 nitrogen and oxygen atoms in total. The van der Waals surface area contributed by atoms with E-state index in [2.05, 4.69) is 15.2 Å². The lowest BCUT2D eigenvalue weighted by Gasteiger charge is -2.27. The molecule has 1 aliphatic heterocycles. The molecular formula is C29H32FN5O2. The summed E-state index contributed by atoms with van der Waals surface area (Å²) in [5, 5.41) is 1.07. The summed E-state index contributed by atoms with van der Waals surface area (Å²) in [7, 11) is 2.02. The monoisotopic (exact) mass is 501 g/mol. The molecule has 4 atom stereocenters. The molecule has 2 N–H and O–H groups in total. The van der Waals surface area contributed by atoms with Crippen LogP contribution in [0.25, 0.3) is 33.5 Å². The molecule has 192 valence electrons. The smallest absolute Gasteiger partial charge is 0.254 e. The fourth-order valence-corrected chi connectivity index (χ4v) is 6.45. The van der Waals surface area contributed by atoms with Crippen LogP contribution in [-0.2, 0) is 13.6 Å². The number of alkyl halides is 1. The van der Waals surface area contributed by atoms with Gasteiger partial charge in [-0.3, -0.25) is 4.79 Å². The van der Waals surface area contributed by atoms with Crippen LogP contribution in [0.1, 0.15) is 43.0 Å². The summed E-state index contributed by atoms with van der Waals surface area (Å²) in [4.78, 5) is 20.4. The van der Waals surface area contributed by atoms with Gasteiger partial charge in [-0.25, -0.2) is 9.37 Å². The number of hydrogen-bond donors (Lipinski definition) is 1. The Labute approximate surface area is 215 Å². The maximum Gasteiger partial charge on any atom is 0.254 e. The zero-order valence-electron chi connectivity index (χ0n) is 21.2. The highest BCUT2D eigenvalue weighted by molar-refractivity contribution is 5.98. The number of amides is 1. The van der Waals surface area contributed by atoms with Gasteiger partial charge in [-0.1, -0.05) is 0 Å². The summed E-state index contributed by atoms with van der Waals surface area (Å²) in [6.45, 7) is 3.03. The zero-order chi connectivity index (χ0) is 25.4. The number of aryl methyl sites for hydroxylation is 1. The minimum atomic E-state index is -1.37. The van der Waals surface area contributed by atoms with E-state index < -0.39 is 6.36 Å². The van der Waals surface area contributed by atoms with Crippen LogP contribution >= 0.6 is 0 Å². The van der Waals surface area contributed by atoms with Crippen LogP contribution < -0.4 is 10.5 Å². The number of rotatable bonds is 6. The number of ether oxygens (including phenoxy) is 1. The molecule has 2 aliphatic carbocycles. The first-order valence-electron chi connectivity index (χ1n) is 13.3. The van der Waals surface area contributed by atoms with Crippen LogP contribution in [0.3, 0.4) is 0 Å². The van der Waals surface area contributed by atoms with Gasteiger partial charge in [0.2, 0.25) is 6.36 Å². The summed E-state index contributed by atoms with van der Waals surface area (Å²) >= 11 is 0. The molecule has 1 amide bonds. The molecule has 1 saturated heterocycles. The Hall–Kier alpha value is -3.39. The van der Waals surface area contributed by atoms with Crippen molar-refractivity contribution in [2.24, 2.45) is 24.6 Å². The van der Waals surface area contributed by atoms with Crippen molar-refractivity contribution in [3.8, 4) is 17.3 Å². The van der Waals surface area contributed by atoms with Gasteiger partial charge in [0.15, 0.2) is 5.82 Å². The van der Waals surface area contributed by atoms with Crippen LogP contribution in [0.5, 0.6) is 5.75 Å². The third kappa shape index (κ3) is 3.72. The van der Waals surface area contributed by atoms with Crippen molar-refractivity contribution >= 4 is 27.8 Å². The number of nitrogens with zero attached hydrogens (tertiary/aromatic N) is 4. The quantitative estimate of drug-likeness (QED) is 0.409. The number of carbonyl (C=O) groups is 1. The SMILES string of the molecule is CC(F)Oc1ccc2cc(-c3nc4cc(C(=O)N5C[C@H]6CC[C@@H]5[C@@H]6N)ccc4n3C)n(CC3CC3)c2c1. The Morgan fingerprint density at radius 2 is 1.97 bits per heavy atom. The van der Waals surface area contributed by atoms with E-state index in [9.17, 15) is 9.18 Å². The van der Waals surface area contributed by atoms with E-state index in [1.165, 1.54) is 19.8 Å². The number of nitrogens with two attached hydrogens (primary N) is 1. The van der Waals surface area contributed by atoms with Crippen molar-refractivity contribution in [3.63, 3.8) is 0 Å². The van der Waals surface area contributed by atoms with Gasteiger partial charge in [0.25, 0.3) is 5.91 Å². The van der Waals surface area contributed by atoms with Gasteiger partial charge in [0, 0.05) is 56.2 Å². The van der Waals surface area contributed by atoms with Gasteiger partial charge in [-0.2, -0.15) is 0 Å². The fraction of sp³-hybridized carbons (Fsp3) is 0.448. The molecule has 37 heavy (non-hydrogen) atoms. The highest BCUT2D eigenvalue weighted by Crippen LogP contribution is 2.39. The summed E-state index contributed by atoms with van der Waals surface area (Å²) in [6, 6.07) is 13.9. The maximum absolute atomic E-state index is 13.5. The lowest BCUT2D eigenvalue weighted by atomic mass is 10.1. The Morgan fingerprint density at radius 1 is 1.14 bits per heavy atom. The minimum absolute atomic E-state index is 0.0502. The fourth-order valence-electron chi connectivity index (χ4n) is 6.45. The normalized spacial score (nSPS) is 23.9. The van der Waals surface area contributed by atoms with Gasteiger partial charge < -0.3 is 24.5 Å². The number of benzene rings is 2. The molecule has 0 spiro atoms. The van der Waals surface area contributed by atoms with Crippen molar-refractivity contribution < 1.29 is 13.9 Å². The summed E-state index contributed by atoms with van der Waals surface area (Å²) in [5.74, 6) is 2.48. The van der Waals surface area contributed by atoms with Gasteiger partial charge in [-0.05, 0) is 73.9 Å².